The Morgan fingerprint density at radius 2 is 1.56 bits per heavy atom. The maximum atomic E-state index is 12.6. The number of hydrogen-bond donors (Lipinski definition) is 2. The molecule has 0 spiro atoms. The number of hydrogen-bond acceptors (Lipinski definition) is 3. The van der Waals surface area contributed by atoms with E-state index in [9.17, 15) is 19.5 Å². The summed E-state index contributed by atoms with van der Waals surface area (Å²) in [4.78, 5) is 37.7. The van der Waals surface area contributed by atoms with Crippen LogP contribution >= 0.6 is 0 Å². The second-order valence-corrected chi connectivity index (χ2v) is 7.38. The maximum Gasteiger partial charge on any atom is 0.307 e. The smallest absolute Gasteiger partial charge is 0.307 e. The third-order valence-electron chi connectivity index (χ3n) is 5.22. The quantitative estimate of drug-likeness (QED) is 0.850. The first-order chi connectivity index (χ1) is 12.7. The summed E-state index contributed by atoms with van der Waals surface area (Å²) < 4.78 is 0. The van der Waals surface area contributed by atoms with Crippen LogP contribution in [-0.2, 0) is 9.59 Å². The van der Waals surface area contributed by atoms with E-state index < -0.39 is 23.2 Å². The lowest BCUT2D eigenvalue weighted by molar-refractivity contribution is -0.140. The Balaban J connectivity index is 1.66. The standard InChI is InChI=1S/C21H22N2O4/c1-21(2)16(17(21)20(26)27)18(24)22-14-11-9-13(10-12-14)19(25)23(3)15-7-5-4-6-8-15/h4-12,16-17H,1-3H3,(H,22,24)(H,26,27)/t16-,17+/m1/s1. The molecule has 0 aliphatic heterocycles. The number of nitrogens with one attached hydrogen (secondary N) is 1. The van der Waals surface area contributed by atoms with E-state index in [4.69, 9.17) is 0 Å². The van der Waals surface area contributed by atoms with Gasteiger partial charge in [0.2, 0.25) is 5.91 Å². The average molecular weight is 366 g/mol. The van der Waals surface area contributed by atoms with E-state index in [0.29, 0.717) is 11.3 Å². The van der Waals surface area contributed by atoms with Crippen LogP contribution < -0.4 is 10.2 Å². The predicted molar refractivity (Wildman–Crippen MR) is 103 cm³/mol. The molecule has 140 valence electrons. The van der Waals surface area contributed by atoms with Gasteiger partial charge in [0.1, 0.15) is 0 Å². The van der Waals surface area contributed by atoms with Crippen LogP contribution in [0.25, 0.3) is 0 Å². The molecule has 3 rings (SSSR count). The van der Waals surface area contributed by atoms with Gasteiger partial charge in [0.15, 0.2) is 0 Å². The fourth-order valence-electron chi connectivity index (χ4n) is 3.47. The highest BCUT2D eigenvalue weighted by atomic mass is 16.4. The Kier molecular flexibility index (Phi) is 4.74. The van der Waals surface area contributed by atoms with Gasteiger partial charge in [0, 0.05) is 24.0 Å². The molecule has 2 aromatic carbocycles. The lowest BCUT2D eigenvalue weighted by Gasteiger charge is -2.17. The molecule has 27 heavy (non-hydrogen) atoms. The van der Waals surface area contributed by atoms with Crippen LogP contribution in [0, 0.1) is 17.3 Å². The zero-order valence-corrected chi connectivity index (χ0v) is 15.5. The van der Waals surface area contributed by atoms with Crippen molar-refractivity contribution in [3.8, 4) is 0 Å². The molecule has 1 saturated carbocycles. The molecule has 0 aromatic heterocycles. The van der Waals surface area contributed by atoms with Crippen molar-refractivity contribution in [2.24, 2.45) is 17.3 Å². The third kappa shape index (κ3) is 3.56. The molecule has 1 fully saturated rings. The van der Waals surface area contributed by atoms with E-state index in [-0.39, 0.29) is 11.8 Å². The van der Waals surface area contributed by atoms with Crippen molar-refractivity contribution in [3.05, 3.63) is 60.2 Å². The summed E-state index contributed by atoms with van der Waals surface area (Å²) in [5.74, 6) is -2.65. The number of amides is 2. The van der Waals surface area contributed by atoms with Crippen LogP contribution in [0.2, 0.25) is 0 Å². The molecule has 0 heterocycles. The number of carbonyl (C=O) groups excluding carboxylic acids is 2. The normalized spacial score (nSPS) is 19.8. The number of carboxylic acid groups (broad SMARTS) is 1. The molecule has 2 amide bonds. The number of rotatable bonds is 5. The Morgan fingerprint density at radius 1 is 0.963 bits per heavy atom. The molecular formula is C21H22N2O4. The third-order valence-corrected chi connectivity index (χ3v) is 5.22. The van der Waals surface area contributed by atoms with Crippen molar-refractivity contribution in [2.45, 2.75) is 13.8 Å². The van der Waals surface area contributed by atoms with Crippen LogP contribution in [0.5, 0.6) is 0 Å². The number of aliphatic carboxylic acids is 1. The molecule has 6 nitrogen and oxygen atoms in total. The van der Waals surface area contributed by atoms with Crippen molar-refractivity contribution in [3.63, 3.8) is 0 Å². The highest BCUT2D eigenvalue weighted by Crippen LogP contribution is 2.58. The van der Waals surface area contributed by atoms with E-state index >= 15 is 0 Å². The highest BCUT2D eigenvalue weighted by molar-refractivity contribution is 6.06. The lowest BCUT2D eigenvalue weighted by atomic mass is 10.1. The van der Waals surface area contributed by atoms with Gasteiger partial charge in [0.25, 0.3) is 5.91 Å². The van der Waals surface area contributed by atoms with Crippen LogP contribution in [0.3, 0.4) is 0 Å². The van der Waals surface area contributed by atoms with E-state index in [1.165, 1.54) is 0 Å². The summed E-state index contributed by atoms with van der Waals surface area (Å²) in [5.41, 5.74) is 1.26. The molecule has 0 unspecified atom stereocenters. The highest BCUT2D eigenvalue weighted by Gasteiger charge is 2.65. The van der Waals surface area contributed by atoms with Crippen LogP contribution in [-0.4, -0.2) is 29.9 Å². The van der Waals surface area contributed by atoms with E-state index in [1.54, 1.807) is 50.1 Å². The summed E-state index contributed by atoms with van der Waals surface area (Å²) in [6, 6.07) is 15.9. The van der Waals surface area contributed by atoms with Crippen LogP contribution in [0.15, 0.2) is 54.6 Å². The van der Waals surface area contributed by atoms with Crippen molar-refractivity contribution in [2.75, 3.05) is 17.3 Å². The van der Waals surface area contributed by atoms with Crippen LogP contribution in [0.1, 0.15) is 24.2 Å². The molecule has 1 aliphatic carbocycles. The number of nitrogens with zero attached hydrogens (tertiary/aromatic N) is 1. The molecule has 2 aromatic rings. The number of benzene rings is 2. The van der Waals surface area contributed by atoms with Gasteiger partial charge in [-0.3, -0.25) is 14.4 Å². The first kappa shape index (κ1) is 18.6. The van der Waals surface area contributed by atoms with Crippen molar-refractivity contribution < 1.29 is 19.5 Å². The largest absolute Gasteiger partial charge is 0.481 e. The fraction of sp³-hybridized carbons (Fsp3) is 0.286. The minimum atomic E-state index is -0.954. The average Bonchev–Trinajstić information content (AvgIpc) is 3.24. The van der Waals surface area contributed by atoms with Crippen molar-refractivity contribution in [1.82, 2.24) is 0 Å². The minimum absolute atomic E-state index is 0.159. The summed E-state index contributed by atoms with van der Waals surface area (Å²) >= 11 is 0. The van der Waals surface area contributed by atoms with Gasteiger partial charge < -0.3 is 15.3 Å². The zero-order valence-electron chi connectivity index (χ0n) is 15.5. The van der Waals surface area contributed by atoms with Gasteiger partial charge in [-0.1, -0.05) is 32.0 Å². The second-order valence-electron chi connectivity index (χ2n) is 7.38. The molecule has 0 bridgehead atoms. The Hall–Kier alpha value is -3.15. The monoisotopic (exact) mass is 366 g/mol. The first-order valence-corrected chi connectivity index (χ1v) is 8.70. The SMILES string of the molecule is CN(C(=O)c1ccc(NC(=O)[C@H]2[C@@H](C(=O)O)C2(C)C)cc1)c1ccccc1. The van der Waals surface area contributed by atoms with Gasteiger partial charge in [-0.15, -0.1) is 0 Å². The number of para-hydroxylation sites is 1. The summed E-state index contributed by atoms with van der Waals surface area (Å²) in [6.07, 6.45) is 0. The number of carboxylic acids is 1. The zero-order chi connectivity index (χ0) is 19.8. The summed E-state index contributed by atoms with van der Waals surface area (Å²) in [5, 5.41) is 11.9. The molecule has 0 radical (unpaired) electrons. The second kappa shape index (κ2) is 6.87. The summed E-state index contributed by atoms with van der Waals surface area (Å²) in [6.45, 7) is 3.55. The van der Waals surface area contributed by atoms with E-state index in [2.05, 4.69) is 5.32 Å². The first-order valence-electron chi connectivity index (χ1n) is 8.70. The fourth-order valence-corrected chi connectivity index (χ4v) is 3.47. The lowest BCUT2D eigenvalue weighted by Crippen LogP contribution is -2.26. The number of carbonyl (C=O) groups is 3. The molecule has 6 heteroatoms. The Morgan fingerprint density at radius 3 is 2.07 bits per heavy atom. The molecular weight excluding hydrogens is 344 g/mol. The number of anilines is 2. The van der Waals surface area contributed by atoms with Gasteiger partial charge in [0.05, 0.1) is 11.8 Å². The van der Waals surface area contributed by atoms with Gasteiger partial charge in [-0.25, -0.2) is 0 Å². The summed E-state index contributed by atoms with van der Waals surface area (Å²) in [7, 11) is 1.70. The Labute approximate surface area is 157 Å². The molecule has 0 saturated heterocycles. The molecule has 2 atom stereocenters. The maximum absolute atomic E-state index is 12.6. The van der Waals surface area contributed by atoms with Gasteiger partial charge in [-0.2, -0.15) is 0 Å². The van der Waals surface area contributed by atoms with Crippen molar-refractivity contribution >= 4 is 29.2 Å². The topological polar surface area (TPSA) is 86.7 Å². The van der Waals surface area contributed by atoms with Gasteiger partial charge in [-0.05, 0) is 41.8 Å². The molecule has 1 aliphatic rings. The molecule has 2 N–H and O–H groups in total. The van der Waals surface area contributed by atoms with E-state index in [1.807, 2.05) is 30.3 Å². The predicted octanol–water partition coefficient (Wildman–Crippen LogP) is 3.26. The van der Waals surface area contributed by atoms with Gasteiger partial charge >= 0.3 is 5.97 Å². The van der Waals surface area contributed by atoms with Crippen LogP contribution in [0.4, 0.5) is 11.4 Å². The van der Waals surface area contributed by atoms with Crippen molar-refractivity contribution in [1.29, 1.82) is 0 Å². The minimum Gasteiger partial charge on any atom is -0.481 e. The van der Waals surface area contributed by atoms with E-state index in [0.717, 1.165) is 5.69 Å². The Bertz CT molecular complexity index is 875.